The number of carbonyl (C=O) groups excluding carboxylic acids is 1. The van der Waals surface area contributed by atoms with Crippen molar-refractivity contribution in [1.29, 1.82) is 0 Å². The van der Waals surface area contributed by atoms with E-state index in [1.54, 1.807) is 12.1 Å². The number of anilines is 2. The largest absolute Gasteiger partial charge is 0.467 e. The van der Waals surface area contributed by atoms with E-state index in [1.165, 1.54) is 30.5 Å². The molecule has 0 radical (unpaired) electrons. The van der Waals surface area contributed by atoms with Gasteiger partial charge in [0.2, 0.25) is 0 Å². The van der Waals surface area contributed by atoms with Crippen molar-refractivity contribution in [2.75, 3.05) is 10.6 Å². The summed E-state index contributed by atoms with van der Waals surface area (Å²) in [5.74, 6) is -0.904. The van der Waals surface area contributed by atoms with Crippen LogP contribution in [0.1, 0.15) is 34.8 Å². The van der Waals surface area contributed by atoms with Crippen LogP contribution >= 0.6 is 0 Å². The number of hydrogen-bond acceptors (Lipinski definition) is 4. The quantitative estimate of drug-likeness (QED) is 0.641. The van der Waals surface area contributed by atoms with Gasteiger partial charge in [0.1, 0.15) is 17.4 Å². The van der Waals surface area contributed by atoms with E-state index in [0.29, 0.717) is 5.76 Å². The van der Waals surface area contributed by atoms with Crippen LogP contribution in [0.5, 0.6) is 0 Å². The molecule has 4 rings (SSSR count). The summed E-state index contributed by atoms with van der Waals surface area (Å²) in [6.07, 6.45) is -3.52. The van der Waals surface area contributed by atoms with E-state index < -0.39 is 30.0 Å². The van der Waals surface area contributed by atoms with Crippen LogP contribution in [0.25, 0.3) is 0 Å². The summed E-state index contributed by atoms with van der Waals surface area (Å²) in [6.45, 7) is 0. The number of alkyl halides is 3. The number of furan rings is 1. The number of carbonyl (C=O) groups is 1. The number of nitrogens with zero attached hydrogens (tertiary/aromatic N) is 2. The maximum atomic E-state index is 13.6. The van der Waals surface area contributed by atoms with Crippen molar-refractivity contribution in [2.45, 2.75) is 24.7 Å². The Bertz CT molecular complexity index is 997. The second kappa shape index (κ2) is 6.70. The topological polar surface area (TPSA) is 72.1 Å². The van der Waals surface area contributed by atoms with Crippen LogP contribution in [-0.2, 0) is 0 Å². The van der Waals surface area contributed by atoms with Gasteiger partial charge >= 0.3 is 6.18 Å². The molecule has 28 heavy (non-hydrogen) atoms. The SMILES string of the molecule is O=C(Nc1cccc(F)c1)c1cc2n(n1)[C@H](C(F)(F)F)C[C@H](c1ccco1)N2. The predicted octanol–water partition coefficient (Wildman–Crippen LogP) is 4.53. The molecule has 1 aliphatic heterocycles. The molecule has 1 aliphatic rings. The molecule has 0 saturated carbocycles. The number of rotatable bonds is 3. The Kier molecular flexibility index (Phi) is 4.33. The maximum absolute atomic E-state index is 13.6. The minimum absolute atomic E-state index is 0.0411. The summed E-state index contributed by atoms with van der Waals surface area (Å²) in [5, 5.41) is 9.17. The van der Waals surface area contributed by atoms with Gasteiger partial charge in [-0.15, -0.1) is 0 Å². The van der Waals surface area contributed by atoms with Crippen molar-refractivity contribution >= 4 is 17.4 Å². The van der Waals surface area contributed by atoms with Crippen molar-refractivity contribution in [1.82, 2.24) is 9.78 Å². The predicted molar refractivity (Wildman–Crippen MR) is 91.4 cm³/mol. The lowest BCUT2D eigenvalue weighted by atomic mass is 10.0. The van der Waals surface area contributed by atoms with Gasteiger partial charge in [0.15, 0.2) is 11.7 Å². The van der Waals surface area contributed by atoms with E-state index in [0.717, 1.165) is 10.7 Å². The fourth-order valence-electron chi connectivity index (χ4n) is 3.12. The van der Waals surface area contributed by atoms with Gasteiger partial charge in [-0.05, 0) is 30.3 Å². The highest BCUT2D eigenvalue weighted by Gasteiger charge is 2.47. The lowest BCUT2D eigenvalue weighted by Gasteiger charge is -2.32. The first-order valence-electron chi connectivity index (χ1n) is 8.34. The fourth-order valence-corrected chi connectivity index (χ4v) is 3.12. The molecule has 2 aromatic heterocycles. The Balaban J connectivity index is 1.64. The minimum atomic E-state index is -4.57. The molecule has 1 aromatic carbocycles. The summed E-state index contributed by atoms with van der Waals surface area (Å²) < 4.78 is 59.9. The van der Waals surface area contributed by atoms with E-state index in [1.807, 2.05) is 0 Å². The highest BCUT2D eigenvalue weighted by Crippen LogP contribution is 2.43. The zero-order valence-corrected chi connectivity index (χ0v) is 14.2. The molecule has 0 saturated heterocycles. The van der Waals surface area contributed by atoms with Crippen molar-refractivity contribution in [2.24, 2.45) is 0 Å². The van der Waals surface area contributed by atoms with Gasteiger partial charge in [-0.25, -0.2) is 9.07 Å². The van der Waals surface area contributed by atoms with Crippen LogP contribution in [-0.4, -0.2) is 21.9 Å². The Morgan fingerprint density at radius 3 is 2.75 bits per heavy atom. The molecule has 10 heteroatoms. The minimum Gasteiger partial charge on any atom is -0.467 e. The average molecular weight is 394 g/mol. The Morgan fingerprint density at radius 1 is 1.25 bits per heavy atom. The molecular formula is C18H14F4N4O2. The van der Waals surface area contributed by atoms with Crippen LogP contribution in [0.2, 0.25) is 0 Å². The van der Waals surface area contributed by atoms with Gasteiger partial charge in [0, 0.05) is 18.2 Å². The van der Waals surface area contributed by atoms with Crippen LogP contribution in [0.15, 0.2) is 53.1 Å². The summed E-state index contributed by atoms with van der Waals surface area (Å²) in [4.78, 5) is 12.4. The lowest BCUT2D eigenvalue weighted by molar-refractivity contribution is -0.174. The van der Waals surface area contributed by atoms with Gasteiger partial charge in [0.25, 0.3) is 5.91 Å². The van der Waals surface area contributed by atoms with Crippen molar-refractivity contribution < 1.29 is 26.8 Å². The molecule has 1 amide bonds. The molecule has 0 aliphatic carbocycles. The second-order valence-electron chi connectivity index (χ2n) is 6.33. The standard InChI is InChI=1S/C18H14F4N4O2/c19-10-3-1-4-11(7-10)23-17(27)13-9-16-24-12(14-5-2-6-28-14)8-15(18(20,21)22)26(16)25-13/h1-7,9,12,15,24H,8H2,(H,23,27)/t12-,15+/m1/s1. The number of benzene rings is 1. The zero-order chi connectivity index (χ0) is 19.9. The maximum Gasteiger partial charge on any atom is 0.410 e. The first-order chi connectivity index (χ1) is 13.3. The van der Waals surface area contributed by atoms with Crippen LogP contribution in [0.3, 0.4) is 0 Å². The normalized spacial score (nSPS) is 19.0. The fraction of sp³-hybridized carbons (Fsp3) is 0.222. The second-order valence-corrected chi connectivity index (χ2v) is 6.33. The third kappa shape index (κ3) is 3.45. The molecule has 3 aromatic rings. The van der Waals surface area contributed by atoms with E-state index in [2.05, 4.69) is 15.7 Å². The van der Waals surface area contributed by atoms with Crippen molar-refractivity contribution in [3.8, 4) is 0 Å². The van der Waals surface area contributed by atoms with E-state index in [9.17, 15) is 22.4 Å². The third-order valence-corrected chi connectivity index (χ3v) is 4.39. The highest BCUT2D eigenvalue weighted by molar-refractivity contribution is 6.03. The number of fused-ring (bicyclic) bond motifs is 1. The van der Waals surface area contributed by atoms with Gasteiger partial charge in [-0.2, -0.15) is 18.3 Å². The van der Waals surface area contributed by atoms with Gasteiger partial charge < -0.3 is 15.1 Å². The number of nitrogens with one attached hydrogen (secondary N) is 2. The summed E-state index contributed by atoms with van der Waals surface area (Å²) in [7, 11) is 0. The zero-order valence-electron chi connectivity index (χ0n) is 14.2. The molecular weight excluding hydrogens is 380 g/mol. The van der Waals surface area contributed by atoms with E-state index in [-0.39, 0.29) is 23.6 Å². The van der Waals surface area contributed by atoms with E-state index in [4.69, 9.17) is 4.42 Å². The summed E-state index contributed by atoms with van der Waals surface area (Å²) in [5.41, 5.74) is -0.0501. The molecule has 6 nitrogen and oxygen atoms in total. The molecule has 3 heterocycles. The molecule has 0 unspecified atom stereocenters. The third-order valence-electron chi connectivity index (χ3n) is 4.39. The average Bonchev–Trinajstić information content (AvgIpc) is 3.29. The Labute approximate surface area is 156 Å². The number of amides is 1. The Morgan fingerprint density at radius 2 is 2.07 bits per heavy atom. The van der Waals surface area contributed by atoms with E-state index >= 15 is 0 Å². The smallest absolute Gasteiger partial charge is 0.410 e. The lowest BCUT2D eigenvalue weighted by Crippen LogP contribution is -2.35. The first kappa shape index (κ1) is 18.1. The van der Waals surface area contributed by atoms with Crippen molar-refractivity contribution in [3.05, 3.63) is 66.0 Å². The van der Waals surface area contributed by atoms with Gasteiger partial charge in [0.05, 0.1) is 12.3 Å². The summed E-state index contributed by atoms with van der Waals surface area (Å²) >= 11 is 0. The first-order valence-corrected chi connectivity index (χ1v) is 8.34. The summed E-state index contributed by atoms with van der Waals surface area (Å²) in [6, 6.07) is 6.91. The molecule has 146 valence electrons. The molecule has 2 atom stereocenters. The number of aromatic nitrogens is 2. The molecule has 0 spiro atoms. The van der Waals surface area contributed by atoms with Crippen LogP contribution in [0, 0.1) is 5.82 Å². The molecule has 2 N–H and O–H groups in total. The molecule has 0 fully saturated rings. The highest BCUT2D eigenvalue weighted by atomic mass is 19.4. The van der Waals surface area contributed by atoms with Crippen LogP contribution < -0.4 is 10.6 Å². The molecule has 0 bridgehead atoms. The Hall–Kier alpha value is -3.30. The van der Waals surface area contributed by atoms with Gasteiger partial charge in [-0.1, -0.05) is 6.07 Å². The van der Waals surface area contributed by atoms with Crippen LogP contribution in [0.4, 0.5) is 29.1 Å². The van der Waals surface area contributed by atoms with Crippen molar-refractivity contribution in [3.63, 3.8) is 0 Å². The van der Waals surface area contributed by atoms with Gasteiger partial charge in [-0.3, -0.25) is 4.79 Å². The number of halogens is 4. The monoisotopic (exact) mass is 394 g/mol. The number of hydrogen-bond donors (Lipinski definition) is 2.